The summed E-state index contributed by atoms with van der Waals surface area (Å²) in [7, 11) is 2.67. The summed E-state index contributed by atoms with van der Waals surface area (Å²) in [6.45, 7) is 4.28. The molecule has 0 unspecified atom stereocenters. The summed E-state index contributed by atoms with van der Waals surface area (Å²) in [5, 5.41) is 2.80. The number of methoxy groups -OCH3 is 2. The SMILES string of the molecule is COC(=O)C/C=C/[C@H](C)[C@H](NC(=O)OC)[C@H](C)OCc1ccccc1. The summed E-state index contributed by atoms with van der Waals surface area (Å²) in [6.07, 6.45) is 3.00. The second-order valence-corrected chi connectivity index (χ2v) is 5.73. The van der Waals surface area contributed by atoms with Gasteiger partial charge in [0.15, 0.2) is 0 Å². The van der Waals surface area contributed by atoms with Crippen molar-refractivity contribution in [3.63, 3.8) is 0 Å². The van der Waals surface area contributed by atoms with Gasteiger partial charge in [-0.2, -0.15) is 0 Å². The van der Waals surface area contributed by atoms with Crippen molar-refractivity contribution < 1.29 is 23.8 Å². The van der Waals surface area contributed by atoms with Crippen molar-refractivity contribution in [3.05, 3.63) is 48.0 Å². The minimum absolute atomic E-state index is 0.0606. The molecular formula is C19H27NO5. The van der Waals surface area contributed by atoms with Crippen LogP contribution in [-0.2, 0) is 25.6 Å². The van der Waals surface area contributed by atoms with Crippen LogP contribution in [0.3, 0.4) is 0 Å². The van der Waals surface area contributed by atoms with E-state index in [0.717, 1.165) is 5.56 Å². The molecule has 6 nitrogen and oxygen atoms in total. The topological polar surface area (TPSA) is 73.9 Å². The van der Waals surface area contributed by atoms with Crippen LogP contribution in [0.2, 0.25) is 0 Å². The Kier molecular flexibility index (Phi) is 9.32. The van der Waals surface area contributed by atoms with Crippen LogP contribution in [0.5, 0.6) is 0 Å². The summed E-state index contributed by atoms with van der Waals surface area (Å²) in [4.78, 5) is 22.8. The molecule has 1 N–H and O–H groups in total. The number of benzene rings is 1. The van der Waals surface area contributed by atoms with Gasteiger partial charge in [0.1, 0.15) is 0 Å². The van der Waals surface area contributed by atoms with Crippen LogP contribution in [0.4, 0.5) is 4.79 Å². The number of ether oxygens (including phenoxy) is 3. The van der Waals surface area contributed by atoms with E-state index in [2.05, 4.69) is 10.1 Å². The van der Waals surface area contributed by atoms with Gasteiger partial charge < -0.3 is 19.5 Å². The van der Waals surface area contributed by atoms with Crippen molar-refractivity contribution in [2.24, 2.45) is 5.92 Å². The lowest BCUT2D eigenvalue weighted by molar-refractivity contribution is -0.139. The predicted octanol–water partition coefficient (Wildman–Crippen LogP) is 3.07. The molecule has 0 aromatic heterocycles. The minimum atomic E-state index is -0.520. The number of carbonyl (C=O) groups is 2. The maximum Gasteiger partial charge on any atom is 0.407 e. The number of esters is 1. The van der Waals surface area contributed by atoms with E-state index >= 15 is 0 Å². The van der Waals surface area contributed by atoms with E-state index < -0.39 is 6.09 Å². The van der Waals surface area contributed by atoms with E-state index in [0.29, 0.717) is 6.61 Å². The molecular weight excluding hydrogens is 322 g/mol. The fraction of sp³-hybridized carbons (Fsp3) is 0.474. The zero-order chi connectivity index (χ0) is 18.7. The molecule has 0 fully saturated rings. The Morgan fingerprint density at radius 3 is 2.40 bits per heavy atom. The van der Waals surface area contributed by atoms with Crippen molar-refractivity contribution >= 4 is 12.1 Å². The van der Waals surface area contributed by atoms with Gasteiger partial charge in [0.25, 0.3) is 0 Å². The molecule has 0 aliphatic rings. The largest absolute Gasteiger partial charge is 0.469 e. The Bertz CT molecular complexity index is 558. The third-order valence-electron chi connectivity index (χ3n) is 3.85. The first kappa shape index (κ1) is 20.7. The normalized spacial score (nSPS) is 14.6. The minimum Gasteiger partial charge on any atom is -0.469 e. The van der Waals surface area contributed by atoms with E-state index in [9.17, 15) is 9.59 Å². The number of hydrogen-bond donors (Lipinski definition) is 1. The van der Waals surface area contributed by atoms with Gasteiger partial charge in [-0.05, 0) is 18.4 Å². The summed E-state index contributed by atoms with van der Waals surface area (Å²) >= 11 is 0. The summed E-state index contributed by atoms with van der Waals surface area (Å²) in [6, 6.07) is 9.51. The third-order valence-corrected chi connectivity index (χ3v) is 3.85. The van der Waals surface area contributed by atoms with E-state index in [1.807, 2.05) is 50.3 Å². The zero-order valence-electron chi connectivity index (χ0n) is 15.2. The van der Waals surface area contributed by atoms with Crippen LogP contribution in [0.15, 0.2) is 42.5 Å². The molecule has 0 saturated carbocycles. The lowest BCUT2D eigenvalue weighted by atomic mass is 9.96. The molecule has 0 aliphatic heterocycles. The van der Waals surface area contributed by atoms with E-state index in [1.165, 1.54) is 14.2 Å². The zero-order valence-corrected chi connectivity index (χ0v) is 15.2. The Hall–Kier alpha value is -2.34. The number of nitrogens with one attached hydrogen (secondary N) is 1. The molecule has 0 radical (unpaired) electrons. The van der Waals surface area contributed by atoms with Crippen molar-refractivity contribution in [2.45, 2.75) is 39.0 Å². The smallest absolute Gasteiger partial charge is 0.407 e. The van der Waals surface area contributed by atoms with Gasteiger partial charge in [0, 0.05) is 0 Å². The van der Waals surface area contributed by atoms with Gasteiger partial charge in [0.05, 0.1) is 39.4 Å². The Labute approximate surface area is 149 Å². The van der Waals surface area contributed by atoms with Crippen LogP contribution in [0.1, 0.15) is 25.8 Å². The molecule has 1 aromatic rings. The van der Waals surface area contributed by atoms with Gasteiger partial charge in [-0.1, -0.05) is 49.4 Å². The van der Waals surface area contributed by atoms with Gasteiger partial charge in [-0.25, -0.2) is 4.79 Å². The Morgan fingerprint density at radius 2 is 1.80 bits per heavy atom. The molecule has 1 rings (SSSR count). The molecule has 0 bridgehead atoms. The quantitative estimate of drug-likeness (QED) is 0.548. The van der Waals surface area contributed by atoms with Crippen LogP contribution in [0, 0.1) is 5.92 Å². The molecule has 6 heteroatoms. The number of alkyl carbamates (subject to hydrolysis) is 1. The average Bonchev–Trinajstić information content (AvgIpc) is 2.64. The van der Waals surface area contributed by atoms with Gasteiger partial charge in [0.2, 0.25) is 0 Å². The highest BCUT2D eigenvalue weighted by molar-refractivity contribution is 5.70. The highest BCUT2D eigenvalue weighted by Gasteiger charge is 2.25. The standard InChI is InChI=1S/C19H27NO5/c1-14(9-8-12-17(21)23-3)18(20-19(22)24-4)15(2)25-13-16-10-6-5-7-11-16/h5-11,14-15,18H,12-13H2,1-4H3,(H,20,22)/b9-8+/t14-,15-,18-/m0/s1. The van der Waals surface area contributed by atoms with Crippen LogP contribution >= 0.6 is 0 Å². The molecule has 1 amide bonds. The Morgan fingerprint density at radius 1 is 1.12 bits per heavy atom. The van der Waals surface area contributed by atoms with Crippen LogP contribution in [-0.4, -0.2) is 38.4 Å². The fourth-order valence-electron chi connectivity index (χ4n) is 2.36. The highest BCUT2D eigenvalue weighted by Crippen LogP contribution is 2.15. The third kappa shape index (κ3) is 7.85. The molecule has 0 spiro atoms. The molecule has 25 heavy (non-hydrogen) atoms. The van der Waals surface area contributed by atoms with E-state index in [1.54, 1.807) is 6.08 Å². The van der Waals surface area contributed by atoms with Gasteiger partial charge in [-0.15, -0.1) is 0 Å². The van der Waals surface area contributed by atoms with Crippen LogP contribution < -0.4 is 5.32 Å². The van der Waals surface area contributed by atoms with Crippen molar-refractivity contribution in [3.8, 4) is 0 Å². The van der Waals surface area contributed by atoms with Gasteiger partial charge >= 0.3 is 12.1 Å². The number of amides is 1. The number of carbonyl (C=O) groups excluding carboxylic acids is 2. The first-order chi connectivity index (χ1) is 12.0. The fourth-order valence-corrected chi connectivity index (χ4v) is 2.36. The monoisotopic (exact) mass is 349 g/mol. The maximum atomic E-state index is 11.6. The van der Waals surface area contributed by atoms with E-state index in [-0.39, 0.29) is 30.5 Å². The van der Waals surface area contributed by atoms with Crippen molar-refractivity contribution in [1.29, 1.82) is 0 Å². The first-order valence-electron chi connectivity index (χ1n) is 8.21. The number of hydrogen-bond acceptors (Lipinski definition) is 5. The molecule has 0 heterocycles. The summed E-state index contributed by atoms with van der Waals surface area (Å²) < 4.78 is 15.2. The lowest BCUT2D eigenvalue weighted by Gasteiger charge is -2.28. The van der Waals surface area contributed by atoms with Crippen molar-refractivity contribution in [2.75, 3.05) is 14.2 Å². The van der Waals surface area contributed by atoms with Crippen LogP contribution in [0.25, 0.3) is 0 Å². The molecule has 1 aromatic carbocycles. The second kappa shape index (κ2) is 11.3. The molecule has 0 aliphatic carbocycles. The highest BCUT2D eigenvalue weighted by atomic mass is 16.5. The molecule has 138 valence electrons. The average molecular weight is 349 g/mol. The summed E-state index contributed by atoms with van der Waals surface area (Å²) in [5.74, 6) is -0.371. The maximum absolute atomic E-state index is 11.6. The van der Waals surface area contributed by atoms with Gasteiger partial charge in [-0.3, -0.25) is 4.79 Å². The second-order valence-electron chi connectivity index (χ2n) is 5.73. The number of rotatable bonds is 9. The predicted molar refractivity (Wildman–Crippen MR) is 95.0 cm³/mol. The summed E-state index contributed by atoms with van der Waals surface area (Å²) in [5.41, 5.74) is 1.06. The van der Waals surface area contributed by atoms with Crippen molar-refractivity contribution in [1.82, 2.24) is 5.32 Å². The Balaban J connectivity index is 2.69. The molecule has 3 atom stereocenters. The van der Waals surface area contributed by atoms with E-state index in [4.69, 9.17) is 9.47 Å². The lowest BCUT2D eigenvalue weighted by Crippen LogP contribution is -2.46. The molecule has 0 saturated heterocycles. The first-order valence-corrected chi connectivity index (χ1v) is 8.21.